The Bertz CT molecular complexity index is 1230. The lowest BCUT2D eigenvalue weighted by Crippen LogP contribution is -2.46. The van der Waals surface area contributed by atoms with Gasteiger partial charge in [0.15, 0.2) is 11.5 Å². The number of hydrogen-bond acceptors (Lipinski definition) is 7. The molecule has 0 spiro atoms. The van der Waals surface area contributed by atoms with E-state index in [1.807, 2.05) is 41.3 Å². The van der Waals surface area contributed by atoms with E-state index in [-0.39, 0.29) is 0 Å². The first-order valence-corrected chi connectivity index (χ1v) is 10.4. The zero-order valence-electron chi connectivity index (χ0n) is 18.0. The Hall–Kier alpha value is -4.14. The van der Waals surface area contributed by atoms with Gasteiger partial charge in [-0.15, -0.1) is 0 Å². The number of guanidine groups is 1. The molecule has 168 valence electrons. The highest BCUT2D eigenvalue weighted by Gasteiger charge is 2.49. The Labute approximate surface area is 190 Å². The summed E-state index contributed by atoms with van der Waals surface area (Å²) in [6.07, 6.45) is 5.84. The fourth-order valence-electron chi connectivity index (χ4n) is 4.08. The third-order valence-corrected chi connectivity index (χ3v) is 5.39. The van der Waals surface area contributed by atoms with Gasteiger partial charge in [-0.2, -0.15) is 4.39 Å². The Morgan fingerprint density at radius 1 is 1.12 bits per heavy atom. The third-order valence-electron chi connectivity index (χ3n) is 5.39. The van der Waals surface area contributed by atoms with Gasteiger partial charge in [0.1, 0.15) is 5.84 Å². The number of pyridine rings is 2. The van der Waals surface area contributed by atoms with Crippen molar-refractivity contribution in [3.05, 3.63) is 84.2 Å². The van der Waals surface area contributed by atoms with Gasteiger partial charge in [0.25, 0.3) is 5.97 Å². The number of carboxylic acid groups (broad SMARTS) is 1. The summed E-state index contributed by atoms with van der Waals surface area (Å²) in [5.41, 5.74) is 8.39. The van der Waals surface area contributed by atoms with Crippen molar-refractivity contribution in [1.29, 1.82) is 0 Å². The quantitative estimate of drug-likeness (QED) is 0.597. The first-order valence-electron chi connectivity index (χ1n) is 10.4. The van der Waals surface area contributed by atoms with E-state index in [1.54, 1.807) is 24.5 Å². The van der Waals surface area contributed by atoms with Gasteiger partial charge in [0, 0.05) is 44.2 Å². The summed E-state index contributed by atoms with van der Waals surface area (Å²) in [5.74, 6) is -0.0943. The van der Waals surface area contributed by atoms with Crippen LogP contribution in [0.1, 0.15) is 24.5 Å². The van der Waals surface area contributed by atoms with Gasteiger partial charge in [-0.1, -0.05) is 18.2 Å². The van der Waals surface area contributed by atoms with Gasteiger partial charge in [0.05, 0.1) is 0 Å². The fourth-order valence-corrected chi connectivity index (χ4v) is 4.08. The number of aliphatic imine (C=N–C) groups is 2. The minimum atomic E-state index is -0.887. The highest BCUT2D eigenvalue weighted by molar-refractivity contribution is 6.12. The molecule has 2 aliphatic heterocycles. The van der Waals surface area contributed by atoms with Gasteiger partial charge < -0.3 is 10.8 Å². The van der Waals surface area contributed by atoms with Gasteiger partial charge >= 0.3 is 0 Å². The lowest BCUT2D eigenvalue weighted by Gasteiger charge is -2.33. The number of nitrogens with zero attached hydrogens (tertiary/aromatic N) is 5. The van der Waals surface area contributed by atoms with Crippen LogP contribution in [0.5, 0.6) is 0 Å². The molecule has 0 radical (unpaired) electrons. The Morgan fingerprint density at radius 3 is 2.61 bits per heavy atom. The first-order chi connectivity index (χ1) is 15.9. The maximum atomic E-state index is 14.3. The lowest BCUT2D eigenvalue weighted by atomic mass is 9.81. The zero-order chi connectivity index (χ0) is 23.4. The zero-order valence-corrected chi connectivity index (χ0v) is 18.0. The molecule has 2 aromatic heterocycles. The van der Waals surface area contributed by atoms with Crippen LogP contribution in [-0.2, 0) is 10.3 Å². The Kier molecular flexibility index (Phi) is 6.12. The van der Waals surface area contributed by atoms with Crippen LogP contribution >= 0.6 is 0 Å². The number of benzene rings is 1. The van der Waals surface area contributed by atoms with E-state index < -0.39 is 17.5 Å². The molecule has 3 N–H and O–H groups in total. The van der Waals surface area contributed by atoms with Crippen molar-refractivity contribution in [3.8, 4) is 11.1 Å². The number of carboxylic acids is 1. The van der Waals surface area contributed by atoms with Crippen LogP contribution in [0.4, 0.5) is 4.39 Å². The summed E-state index contributed by atoms with van der Waals surface area (Å²) in [6.45, 7) is 2.58. The van der Waals surface area contributed by atoms with Gasteiger partial charge in [-0.3, -0.25) is 19.7 Å². The smallest absolute Gasteiger partial charge is 0.300 e. The van der Waals surface area contributed by atoms with Gasteiger partial charge in [-0.05, 0) is 53.4 Å². The van der Waals surface area contributed by atoms with Crippen LogP contribution in [0, 0.1) is 5.95 Å². The van der Waals surface area contributed by atoms with Crippen LogP contribution in [-0.4, -0.2) is 50.8 Å². The molecule has 4 heterocycles. The molecule has 33 heavy (non-hydrogen) atoms. The molecule has 0 aliphatic carbocycles. The predicted octanol–water partition coefficient (Wildman–Crippen LogP) is 3.05. The summed E-state index contributed by atoms with van der Waals surface area (Å²) in [7, 11) is 0. The molecule has 2 aliphatic rings. The van der Waals surface area contributed by atoms with Crippen LogP contribution in [0.2, 0.25) is 0 Å². The molecule has 8 nitrogen and oxygen atoms in total. The van der Waals surface area contributed by atoms with E-state index in [0.29, 0.717) is 11.5 Å². The van der Waals surface area contributed by atoms with E-state index in [2.05, 4.69) is 9.97 Å². The molecular weight excluding hydrogens is 423 g/mol. The minimum Gasteiger partial charge on any atom is -0.481 e. The number of fused-ring (bicyclic) bond motifs is 1. The van der Waals surface area contributed by atoms with Crippen LogP contribution in [0.3, 0.4) is 0 Å². The second-order valence-electron chi connectivity index (χ2n) is 7.57. The predicted molar refractivity (Wildman–Crippen MR) is 123 cm³/mol. The number of aromatic nitrogens is 2. The largest absolute Gasteiger partial charge is 0.481 e. The van der Waals surface area contributed by atoms with Crippen molar-refractivity contribution in [2.45, 2.75) is 18.9 Å². The second kappa shape index (κ2) is 9.15. The summed E-state index contributed by atoms with van der Waals surface area (Å²) in [6, 6.07) is 15.0. The maximum absolute atomic E-state index is 14.3. The molecule has 3 aromatic rings. The highest BCUT2D eigenvalue weighted by atomic mass is 19.1. The molecule has 0 bridgehead atoms. The Morgan fingerprint density at radius 2 is 1.88 bits per heavy atom. The molecule has 5 rings (SSSR count). The molecule has 1 atom stereocenters. The topological polar surface area (TPSA) is 117 Å². The maximum Gasteiger partial charge on any atom is 0.300 e. The van der Waals surface area contributed by atoms with Crippen molar-refractivity contribution in [1.82, 2.24) is 14.9 Å². The lowest BCUT2D eigenvalue weighted by molar-refractivity contribution is -0.134. The van der Waals surface area contributed by atoms with Crippen molar-refractivity contribution in [2.75, 3.05) is 13.1 Å². The number of hydrogen-bond donors (Lipinski definition) is 2. The van der Waals surface area contributed by atoms with E-state index in [0.717, 1.165) is 49.0 Å². The number of halogens is 1. The van der Waals surface area contributed by atoms with Gasteiger partial charge in [0.2, 0.25) is 5.95 Å². The monoisotopic (exact) mass is 446 g/mol. The summed E-state index contributed by atoms with van der Waals surface area (Å²) in [5, 5.41) is 7.42. The highest BCUT2D eigenvalue weighted by Crippen LogP contribution is 2.42. The van der Waals surface area contributed by atoms with Crippen LogP contribution in [0.25, 0.3) is 11.1 Å². The van der Waals surface area contributed by atoms with Gasteiger partial charge in [-0.25, -0.2) is 9.98 Å². The summed E-state index contributed by atoms with van der Waals surface area (Å²) in [4.78, 5) is 28.6. The molecule has 1 aromatic carbocycles. The van der Waals surface area contributed by atoms with E-state index in [4.69, 9.17) is 25.6 Å². The Balaban J connectivity index is 0.000000601. The average Bonchev–Trinajstić information content (AvgIpc) is 3.13. The molecule has 0 fully saturated rings. The average molecular weight is 446 g/mol. The normalized spacial score (nSPS) is 19.0. The fraction of sp³-hybridized carbons (Fsp3) is 0.208. The van der Waals surface area contributed by atoms with E-state index in [1.165, 1.54) is 6.20 Å². The third kappa shape index (κ3) is 4.17. The molecular formula is C24H23FN6O2. The van der Waals surface area contributed by atoms with Crippen molar-refractivity contribution >= 4 is 17.8 Å². The molecule has 0 saturated carbocycles. The van der Waals surface area contributed by atoms with Crippen molar-refractivity contribution in [2.24, 2.45) is 15.7 Å². The van der Waals surface area contributed by atoms with Crippen molar-refractivity contribution < 1.29 is 14.3 Å². The molecule has 0 saturated heterocycles. The number of carbonyl (C=O) groups is 1. The van der Waals surface area contributed by atoms with Crippen LogP contribution in [0.15, 0.2) is 77.1 Å². The molecule has 1 unspecified atom stereocenters. The molecule has 9 heteroatoms. The summed E-state index contributed by atoms with van der Waals surface area (Å²) < 4.78 is 14.3. The number of rotatable bonds is 3. The minimum absolute atomic E-state index is 0.441. The SMILES string of the molecule is CC(=O)O.NC1=NC(c2ccncc2)(c2cccc(-c3cccnc3F)c2)C2=NCCCN12. The number of aliphatic carboxylic acids is 1. The summed E-state index contributed by atoms with van der Waals surface area (Å²) >= 11 is 0. The standard InChI is InChI=1S/C22H19FN6.C2H4O2/c23-19-18(6-2-9-26-19)15-4-1-5-17(14-15)22(16-7-11-25-12-8-16)20-27-10-3-13-29(20)21(24)28-22;1-2(3)4/h1-2,4-9,11-12,14H,3,10,13H2,(H2,24,28);1H3,(H,3,4). The van der Waals surface area contributed by atoms with Crippen molar-refractivity contribution in [3.63, 3.8) is 0 Å². The second-order valence-corrected chi connectivity index (χ2v) is 7.57. The number of amidine groups is 1. The van der Waals surface area contributed by atoms with Crippen LogP contribution < -0.4 is 5.73 Å². The van der Waals surface area contributed by atoms with E-state index >= 15 is 0 Å². The molecule has 0 amide bonds. The number of nitrogens with two attached hydrogens (primary N) is 1. The first kappa shape index (κ1) is 22.1. The van der Waals surface area contributed by atoms with E-state index in [9.17, 15) is 4.39 Å².